The minimum Gasteiger partial charge on any atom is -0.494 e. The average molecular weight is 382 g/mol. The van der Waals surface area contributed by atoms with E-state index >= 15 is 0 Å². The van der Waals surface area contributed by atoms with Crippen molar-refractivity contribution in [2.45, 2.75) is 40.5 Å². The van der Waals surface area contributed by atoms with E-state index in [0.29, 0.717) is 17.9 Å². The first kappa shape index (κ1) is 18.2. The van der Waals surface area contributed by atoms with Crippen molar-refractivity contribution in [3.05, 3.63) is 51.8 Å². The van der Waals surface area contributed by atoms with Crippen LogP contribution in [0.25, 0.3) is 0 Å². The average Bonchev–Trinajstić information content (AvgIpc) is 3.01. The number of benzene rings is 1. The van der Waals surface area contributed by atoms with Crippen molar-refractivity contribution in [1.29, 1.82) is 0 Å². The molecule has 0 saturated heterocycles. The van der Waals surface area contributed by atoms with E-state index in [2.05, 4.69) is 38.4 Å². The maximum Gasteiger partial charge on any atom is 0.211 e. The molecular formula is C22H27N3OS. The van der Waals surface area contributed by atoms with Crippen LogP contribution in [-0.2, 0) is 0 Å². The predicted octanol–water partition coefficient (Wildman–Crippen LogP) is 5.32. The predicted molar refractivity (Wildman–Crippen MR) is 112 cm³/mol. The summed E-state index contributed by atoms with van der Waals surface area (Å²) in [6.07, 6.45) is 6.92. The van der Waals surface area contributed by atoms with Crippen molar-refractivity contribution in [3.63, 3.8) is 0 Å². The molecule has 142 valence electrons. The van der Waals surface area contributed by atoms with Crippen LogP contribution < -0.4 is 9.54 Å². The van der Waals surface area contributed by atoms with Crippen molar-refractivity contribution in [2.75, 3.05) is 6.61 Å². The lowest BCUT2D eigenvalue weighted by Crippen LogP contribution is -2.48. The molecule has 2 atom stereocenters. The van der Waals surface area contributed by atoms with Crippen LogP contribution in [0.3, 0.4) is 0 Å². The summed E-state index contributed by atoms with van der Waals surface area (Å²) < 4.78 is 7.45. The lowest BCUT2D eigenvalue weighted by Gasteiger charge is -2.55. The van der Waals surface area contributed by atoms with Crippen molar-refractivity contribution in [3.8, 4) is 5.75 Å². The van der Waals surface area contributed by atoms with E-state index in [9.17, 15) is 0 Å². The van der Waals surface area contributed by atoms with Crippen LogP contribution in [0.2, 0.25) is 0 Å². The number of rotatable bonds is 5. The number of hydrogen-bond acceptors (Lipinski definition) is 4. The standard InChI is InChI=1S/C22H27N3OS/c1-5-26-19-10-8-18(9-11-19)24-21-25(15(2)14-27-21)23-13-16-6-7-17-12-20(16)22(17,3)4/h6,8-11,13-14,17,20H,5,7,12H2,1-4H3. The smallest absolute Gasteiger partial charge is 0.211 e. The molecule has 2 bridgehead atoms. The molecular weight excluding hydrogens is 354 g/mol. The van der Waals surface area contributed by atoms with Crippen molar-refractivity contribution in [1.82, 2.24) is 4.68 Å². The number of allylic oxidation sites excluding steroid dienone is 2. The van der Waals surface area contributed by atoms with Crippen LogP contribution in [0.4, 0.5) is 5.69 Å². The van der Waals surface area contributed by atoms with E-state index in [1.165, 1.54) is 18.4 Å². The highest BCUT2D eigenvalue weighted by atomic mass is 32.1. The zero-order valence-electron chi connectivity index (χ0n) is 16.5. The molecule has 27 heavy (non-hydrogen) atoms. The quantitative estimate of drug-likeness (QED) is 0.646. The molecule has 3 aliphatic rings. The first-order valence-corrected chi connectivity index (χ1v) is 10.6. The van der Waals surface area contributed by atoms with Gasteiger partial charge in [0.1, 0.15) is 5.75 Å². The molecule has 0 aliphatic heterocycles. The molecule has 0 spiro atoms. The number of ether oxygens (including phenoxy) is 1. The van der Waals surface area contributed by atoms with Gasteiger partial charge in [-0.2, -0.15) is 5.10 Å². The summed E-state index contributed by atoms with van der Waals surface area (Å²) in [6.45, 7) is 9.51. The van der Waals surface area contributed by atoms with Gasteiger partial charge in [0.25, 0.3) is 0 Å². The Morgan fingerprint density at radius 3 is 2.74 bits per heavy atom. The van der Waals surface area contributed by atoms with Crippen LogP contribution in [-0.4, -0.2) is 17.5 Å². The Balaban J connectivity index is 1.60. The van der Waals surface area contributed by atoms with Gasteiger partial charge in [-0.15, -0.1) is 11.3 Å². The zero-order chi connectivity index (χ0) is 19.0. The first-order chi connectivity index (χ1) is 13.0. The normalized spacial score (nSPS) is 24.0. The zero-order valence-corrected chi connectivity index (χ0v) is 17.3. The second-order valence-electron chi connectivity index (χ2n) is 8.00. The van der Waals surface area contributed by atoms with E-state index in [0.717, 1.165) is 27.9 Å². The second-order valence-corrected chi connectivity index (χ2v) is 8.84. The highest BCUT2D eigenvalue weighted by molar-refractivity contribution is 7.07. The molecule has 1 heterocycles. The van der Waals surface area contributed by atoms with E-state index in [1.54, 1.807) is 11.3 Å². The molecule has 2 aromatic rings. The summed E-state index contributed by atoms with van der Waals surface area (Å²) in [7, 11) is 0. The highest BCUT2D eigenvalue weighted by Gasteiger charge is 2.50. The van der Waals surface area contributed by atoms with Crippen LogP contribution in [0.1, 0.15) is 39.3 Å². The van der Waals surface area contributed by atoms with Crippen LogP contribution in [0.5, 0.6) is 5.75 Å². The van der Waals surface area contributed by atoms with Gasteiger partial charge in [0.15, 0.2) is 0 Å². The molecule has 1 aromatic heterocycles. The number of hydrogen-bond donors (Lipinski definition) is 0. The van der Waals surface area contributed by atoms with Gasteiger partial charge in [0.05, 0.1) is 24.2 Å². The fourth-order valence-corrected chi connectivity index (χ4v) is 4.99. The topological polar surface area (TPSA) is 38.9 Å². The summed E-state index contributed by atoms with van der Waals surface area (Å²) in [5.74, 6) is 2.36. The minimum absolute atomic E-state index is 0.417. The molecule has 3 aliphatic carbocycles. The van der Waals surface area contributed by atoms with E-state index in [-0.39, 0.29) is 0 Å². The Labute approximate surface area is 164 Å². The molecule has 1 aromatic carbocycles. The van der Waals surface area contributed by atoms with Gasteiger partial charge in [-0.3, -0.25) is 0 Å². The highest BCUT2D eigenvalue weighted by Crippen LogP contribution is 2.58. The molecule has 5 heteroatoms. The third-order valence-corrected chi connectivity index (χ3v) is 6.99. The number of fused-ring (bicyclic) bond motifs is 1. The monoisotopic (exact) mass is 381 g/mol. The van der Waals surface area contributed by atoms with Crippen LogP contribution in [0, 0.1) is 24.2 Å². The molecule has 0 radical (unpaired) electrons. The van der Waals surface area contributed by atoms with E-state index in [4.69, 9.17) is 14.8 Å². The summed E-state index contributed by atoms with van der Waals surface area (Å²) in [6, 6.07) is 7.88. The molecule has 0 amide bonds. The van der Waals surface area contributed by atoms with E-state index < -0.39 is 0 Å². The van der Waals surface area contributed by atoms with Gasteiger partial charge in [0, 0.05) is 5.38 Å². The van der Waals surface area contributed by atoms with Crippen LogP contribution >= 0.6 is 11.3 Å². The van der Waals surface area contributed by atoms with Gasteiger partial charge in [-0.05, 0) is 73.8 Å². The van der Waals surface area contributed by atoms with Crippen molar-refractivity contribution < 1.29 is 4.74 Å². The van der Waals surface area contributed by atoms with Gasteiger partial charge >= 0.3 is 0 Å². The maximum atomic E-state index is 5.50. The lowest BCUT2D eigenvalue weighted by atomic mass is 9.49. The molecule has 4 nitrogen and oxygen atoms in total. The van der Waals surface area contributed by atoms with E-state index in [1.807, 2.05) is 35.9 Å². The maximum absolute atomic E-state index is 5.50. The molecule has 1 saturated carbocycles. The Morgan fingerprint density at radius 1 is 1.30 bits per heavy atom. The molecule has 2 unspecified atom stereocenters. The largest absolute Gasteiger partial charge is 0.494 e. The number of nitrogens with zero attached hydrogens (tertiary/aromatic N) is 3. The minimum atomic E-state index is 0.417. The Hall–Kier alpha value is -2.14. The fraction of sp³-hybridized carbons (Fsp3) is 0.455. The Kier molecular flexibility index (Phi) is 4.81. The van der Waals surface area contributed by atoms with Crippen LogP contribution in [0.15, 0.2) is 51.4 Å². The Bertz CT molecular complexity index is 947. The lowest BCUT2D eigenvalue weighted by molar-refractivity contribution is -0.00127. The fourth-order valence-electron chi connectivity index (χ4n) is 4.17. The van der Waals surface area contributed by atoms with Gasteiger partial charge < -0.3 is 4.74 Å². The van der Waals surface area contributed by atoms with Gasteiger partial charge in [0.2, 0.25) is 4.80 Å². The van der Waals surface area contributed by atoms with Gasteiger partial charge in [-0.1, -0.05) is 19.9 Å². The SMILES string of the molecule is CCOc1ccc(N=c2scc(C)n2N=CC2=CCC3CC2C3(C)C)cc1. The third-order valence-electron chi connectivity index (χ3n) is 6.06. The summed E-state index contributed by atoms with van der Waals surface area (Å²) in [5.41, 5.74) is 3.81. The van der Waals surface area contributed by atoms with Gasteiger partial charge in [-0.25, -0.2) is 9.67 Å². The Morgan fingerprint density at radius 2 is 2.07 bits per heavy atom. The van der Waals surface area contributed by atoms with Crippen molar-refractivity contribution in [2.24, 2.45) is 27.3 Å². The number of aromatic nitrogens is 1. The molecule has 1 fully saturated rings. The number of thiazole rings is 1. The first-order valence-electron chi connectivity index (χ1n) is 9.68. The number of aryl methyl sites for hydroxylation is 1. The summed E-state index contributed by atoms with van der Waals surface area (Å²) >= 11 is 1.61. The van der Waals surface area contributed by atoms with Crippen molar-refractivity contribution >= 4 is 23.2 Å². The summed E-state index contributed by atoms with van der Waals surface area (Å²) in [5, 5.41) is 6.89. The third kappa shape index (κ3) is 3.41. The molecule has 0 N–H and O–H groups in total. The molecule has 5 rings (SSSR count). The summed E-state index contributed by atoms with van der Waals surface area (Å²) in [4.78, 5) is 5.66. The second kappa shape index (κ2) is 7.12.